The molecule has 1 aliphatic heterocycles. The number of hydrogen-bond acceptors (Lipinski definition) is 6. The fourth-order valence-electron chi connectivity index (χ4n) is 4.07. The molecule has 1 aromatic heterocycles. The van der Waals surface area contributed by atoms with Gasteiger partial charge in [-0.2, -0.15) is 0 Å². The second-order valence-electron chi connectivity index (χ2n) is 8.73. The minimum absolute atomic E-state index is 0.0762. The monoisotopic (exact) mass is 444 g/mol. The number of benzene rings is 1. The number of esters is 1. The van der Waals surface area contributed by atoms with Gasteiger partial charge in [-0.1, -0.05) is 43.7 Å². The number of nitrogens with one attached hydrogen (secondary N) is 1. The Morgan fingerprint density at radius 1 is 1.22 bits per heavy atom. The highest BCUT2D eigenvalue weighted by atomic mass is 16.5. The average Bonchev–Trinajstić information content (AvgIpc) is 3.08. The van der Waals surface area contributed by atoms with Crippen molar-refractivity contribution in [1.29, 1.82) is 0 Å². The number of β-amino-alcohol motifs (C(OH)–C–C–N with tert-alkyl or cyclic N) is 1. The van der Waals surface area contributed by atoms with Gasteiger partial charge in [-0.25, -0.2) is 4.79 Å². The summed E-state index contributed by atoms with van der Waals surface area (Å²) in [6.45, 7) is 8.08. The second kappa shape index (κ2) is 11.0. The molecule has 1 atom stereocenters. The van der Waals surface area contributed by atoms with Gasteiger partial charge in [-0.3, -0.25) is 0 Å². The summed E-state index contributed by atoms with van der Waals surface area (Å²) in [7, 11) is 0. The molecule has 1 saturated heterocycles. The van der Waals surface area contributed by atoms with Gasteiger partial charge in [0.1, 0.15) is 12.7 Å². The van der Waals surface area contributed by atoms with Crippen molar-refractivity contribution < 1.29 is 24.5 Å². The number of aromatic nitrogens is 1. The minimum Gasteiger partial charge on any atom is -0.488 e. The van der Waals surface area contributed by atoms with Crippen LogP contribution < -0.4 is 4.74 Å². The Hall–Kier alpha value is -2.35. The van der Waals surface area contributed by atoms with E-state index in [0.717, 1.165) is 29.7 Å². The first-order valence-electron chi connectivity index (χ1n) is 11.5. The Morgan fingerprint density at radius 3 is 2.56 bits per heavy atom. The number of rotatable bonds is 10. The van der Waals surface area contributed by atoms with Gasteiger partial charge in [-0.15, -0.1) is 0 Å². The van der Waals surface area contributed by atoms with Gasteiger partial charge in [0, 0.05) is 30.9 Å². The molecule has 0 bridgehead atoms. The fourth-order valence-corrected chi connectivity index (χ4v) is 4.07. The van der Waals surface area contributed by atoms with Crippen LogP contribution in [-0.2, 0) is 10.3 Å². The van der Waals surface area contributed by atoms with E-state index in [1.165, 1.54) is 0 Å². The molecule has 2 heterocycles. The summed E-state index contributed by atoms with van der Waals surface area (Å²) < 4.78 is 11.2. The fraction of sp³-hybridized carbons (Fsp3) is 0.560. The number of nitrogens with zero attached hydrogens (tertiary/aromatic N) is 1. The number of H-pyrrole nitrogens is 1. The SMILES string of the molecule is CCCCOC(=O)c1[nH]c(C)c(C)c1OCC(O)CN1CCC(O)(c2ccccc2)CC1. The average molecular weight is 445 g/mol. The number of aliphatic hydroxyl groups is 2. The normalized spacial score (nSPS) is 17.2. The number of unbranched alkanes of at least 4 members (excludes halogenated alkanes) is 1. The highest BCUT2D eigenvalue weighted by molar-refractivity contribution is 5.91. The Kier molecular flexibility index (Phi) is 8.34. The molecule has 32 heavy (non-hydrogen) atoms. The lowest BCUT2D eigenvalue weighted by Crippen LogP contribution is -2.46. The summed E-state index contributed by atoms with van der Waals surface area (Å²) in [5, 5.41) is 21.5. The molecule has 0 saturated carbocycles. The molecular weight excluding hydrogens is 408 g/mol. The van der Waals surface area contributed by atoms with Gasteiger partial charge in [-0.05, 0) is 38.7 Å². The van der Waals surface area contributed by atoms with E-state index in [4.69, 9.17) is 9.47 Å². The van der Waals surface area contributed by atoms with Gasteiger partial charge in [0.05, 0.1) is 12.2 Å². The Morgan fingerprint density at radius 2 is 1.91 bits per heavy atom. The van der Waals surface area contributed by atoms with Crippen LogP contribution in [0.5, 0.6) is 5.75 Å². The minimum atomic E-state index is -0.813. The number of hydrogen-bond donors (Lipinski definition) is 3. The number of carbonyl (C=O) groups excluding carboxylic acids is 1. The zero-order valence-electron chi connectivity index (χ0n) is 19.4. The van der Waals surface area contributed by atoms with Gasteiger partial charge in [0.25, 0.3) is 0 Å². The molecule has 0 radical (unpaired) electrons. The highest BCUT2D eigenvalue weighted by Crippen LogP contribution is 2.32. The van der Waals surface area contributed by atoms with E-state index < -0.39 is 17.7 Å². The Balaban J connectivity index is 1.51. The maximum absolute atomic E-state index is 12.4. The van der Waals surface area contributed by atoms with Gasteiger partial charge in [0.15, 0.2) is 11.4 Å². The zero-order valence-corrected chi connectivity index (χ0v) is 19.4. The molecule has 1 unspecified atom stereocenters. The van der Waals surface area contributed by atoms with E-state index >= 15 is 0 Å². The van der Waals surface area contributed by atoms with E-state index in [2.05, 4.69) is 9.88 Å². The van der Waals surface area contributed by atoms with Crippen molar-refractivity contribution in [3.8, 4) is 5.75 Å². The number of likely N-dealkylation sites (tertiary alicyclic amines) is 1. The molecule has 7 nitrogen and oxygen atoms in total. The van der Waals surface area contributed by atoms with Gasteiger partial charge >= 0.3 is 5.97 Å². The summed E-state index contributed by atoms with van der Waals surface area (Å²) in [5.41, 5.74) is 2.11. The molecule has 0 amide bonds. The van der Waals surface area contributed by atoms with Crippen molar-refractivity contribution in [2.45, 2.75) is 58.2 Å². The summed E-state index contributed by atoms with van der Waals surface area (Å²) in [5.74, 6) is 0.00973. The lowest BCUT2D eigenvalue weighted by Gasteiger charge is -2.39. The third-order valence-electron chi connectivity index (χ3n) is 6.26. The first kappa shape index (κ1) is 24.3. The van der Waals surface area contributed by atoms with E-state index in [9.17, 15) is 15.0 Å². The molecule has 1 aliphatic rings. The molecule has 1 aromatic carbocycles. The maximum Gasteiger partial charge on any atom is 0.358 e. The van der Waals surface area contributed by atoms with Gasteiger partial charge in [0.2, 0.25) is 0 Å². The van der Waals surface area contributed by atoms with Crippen LogP contribution in [0.3, 0.4) is 0 Å². The number of ether oxygens (including phenoxy) is 2. The molecular formula is C25H36N2O5. The summed E-state index contributed by atoms with van der Waals surface area (Å²) in [6.07, 6.45) is 2.29. The molecule has 0 spiro atoms. The van der Waals surface area contributed by atoms with E-state index in [-0.39, 0.29) is 6.61 Å². The van der Waals surface area contributed by atoms with Crippen LogP contribution in [-0.4, -0.2) is 65.0 Å². The van der Waals surface area contributed by atoms with Crippen LogP contribution in [0.2, 0.25) is 0 Å². The second-order valence-corrected chi connectivity index (χ2v) is 8.73. The van der Waals surface area contributed by atoms with Crippen molar-refractivity contribution in [1.82, 2.24) is 9.88 Å². The molecule has 7 heteroatoms. The van der Waals surface area contributed by atoms with Crippen molar-refractivity contribution in [3.05, 3.63) is 52.8 Å². The summed E-state index contributed by atoms with van der Waals surface area (Å²) in [6, 6.07) is 9.76. The van der Waals surface area contributed by atoms with Crippen LogP contribution in [0.15, 0.2) is 30.3 Å². The van der Waals surface area contributed by atoms with Gasteiger partial charge < -0.3 is 29.6 Å². The zero-order chi connectivity index (χ0) is 23.1. The van der Waals surface area contributed by atoms with Crippen LogP contribution in [0, 0.1) is 13.8 Å². The number of carbonyl (C=O) groups is 1. The number of aryl methyl sites for hydroxylation is 1. The molecule has 0 aliphatic carbocycles. The van der Waals surface area contributed by atoms with E-state index in [1.54, 1.807) is 0 Å². The summed E-state index contributed by atoms with van der Waals surface area (Å²) in [4.78, 5) is 17.6. The highest BCUT2D eigenvalue weighted by Gasteiger charge is 2.34. The Bertz CT molecular complexity index is 872. The number of aliphatic hydroxyl groups excluding tert-OH is 1. The standard InChI is InChI=1S/C25H36N2O5/c1-4-5-15-31-24(29)22-23(18(2)19(3)26-22)32-17-21(28)16-27-13-11-25(30,12-14-27)20-9-7-6-8-10-20/h6-10,21,26,28,30H,4-5,11-17H2,1-3H3. The number of piperidine rings is 1. The van der Waals surface area contributed by atoms with Crippen LogP contribution in [0.1, 0.15) is 59.9 Å². The largest absolute Gasteiger partial charge is 0.488 e. The molecule has 176 valence electrons. The quantitative estimate of drug-likeness (QED) is 0.384. The van der Waals surface area contributed by atoms with E-state index in [1.807, 2.05) is 51.1 Å². The summed E-state index contributed by atoms with van der Waals surface area (Å²) >= 11 is 0. The van der Waals surface area contributed by atoms with Crippen LogP contribution in [0.4, 0.5) is 0 Å². The van der Waals surface area contributed by atoms with Crippen LogP contribution >= 0.6 is 0 Å². The predicted molar refractivity (Wildman–Crippen MR) is 123 cm³/mol. The van der Waals surface area contributed by atoms with E-state index in [0.29, 0.717) is 50.5 Å². The third kappa shape index (κ3) is 5.91. The van der Waals surface area contributed by atoms with Crippen LogP contribution in [0.25, 0.3) is 0 Å². The third-order valence-corrected chi connectivity index (χ3v) is 6.26. The van der Waals surface area contributed by atoms with Crippen molar-refractivity contribution in [3.63, 3.8) is 0 Å². The molecule has 1 fully saturated rings. The lowest BCUT2D eigenvalue weighted by molar-refractivity contribution is -0.0372. The maximum atomic E-state index is 12.4. The molecule has 3 N–H and O–H groups in total. The molecule has 3 rings (SSSR count). The smallest absolute Gasteiger partial charge is 0.358 e. The lowest BCUT2D eigenvalue weighted by atomic mass is 9.84. The van der Waals surface area contributed by atoms with Crippen molar-refractivity contribution >= 4 is 5.97 Å². The topological polar surface area (TPSA) is 95.0 Å². The van der Waals surface area contributed by atoms with Crippen molar-refractivity contribution in [2.24, 2.45) is 0 Å². The van der Waals surface area contributed by atoms with Crippen molar-refractivity contribution in [2.75, 3.05) is 32.8 Å². The Labute approximate surface area is 190 Å². The first-order chi connectivity index (χ1) is 15.3. The predicted octanol–water partition coefficient (Wildman–Crippen LogP) is 3.31. The molecule has 2 aromatic rings. The number of aromatic amines is 1. The first-order valence-corrected chi connectivity index (χ1v) is 11.5.